The van der Waals surface area contributed by atoms with Crippen LogP contribution in [0, 0.1) is 0 Å². The fourth-order valence-electron chi connectivity index (χ4n) is 2.01. The summed E-state index contributed by atoms with van der Waals surface area (Å²) >= 11 is 0. The number of aromatic nitrogens is 1. The van der Waals surface area contributed by atoms with Gasteiger partial charge >= 0.3 is 0 Å². The second-order valence-electron chi connectivity index (χ2n) is 5.15. The van der Waals surface area contributed by atoms with Gasteiger partial charge < -0.3 is 15.6 Å². The van der Waals surface area contributed by atoms with Crippen LogP contribution >= 0.6 is 0 Å². The number of carbonyl (C=O) groups is 1. The molecule has 6 heteroatoms. The molecule has 2 aromatic rings. The molecule has 1 aromatic heterocycles. The first-order chi connectivity index (χ1) is 10.1. The summed E-state index contributed by atoms with van der Waals surface area (Å²) in [6.45, 7) is 1.53. The van der Waals surface area contributed by atoms with Crippen molar-refractivity contribution in [1.82, 2.24) is 15.2 Å². The average molecular weight is 287 g/mol. The topological polar surface area (TPSA) is 86.5 Å². The Kier molecular flexibility index (Phi) is 4.94. The van der Waals surface area contributed by atoms with Gasteiger partial charge in [-0.05, 0) is 39.2 Å². The number of hydrogen-bond acceptors (Lipinski definition) is 3. The number of benzene rings is 1. The molecule has 0 saturated heterocycles. The molecule has 0 bridgehead atoms. The Labute approximate surface area is 124 Å². The monoisotopic (exact) mass is 287 g/mol. The van der Waals surface area contributed by atoms with Crippen LogP contribution in [0.4, 0.5) is 0 Å². The first-order valence-corrected chi connectivity index (χ1v) is 6.90. The van der Waals surface area contributed by atoms with Gasteiger partial charge in [-0.2, -0.15) is 0 Å². The number of para-hydroxylation sites is 1. The molecule has 0 spiro atoms. The number of aliphatic imine (C=N–C) groups is 1. The van der Waals surface area contributed by atoms with E-state index in [9.17, 15) is 4.79 Å². The summed E-state index contributed by atoms with van der Waals surface area (Å²) in [6.07, 6.45) is 0.899. The summed E-state index contributed by atoms with van der Waals surface area (Å²) in [5.41, 5.74) is 7.11. The van der Waals surface area contributed by atoms with Crippen LogP contribution in [-0.4, -0.2) is 48.9 Å². The van der Waals surface area contributed by atoms with Crippen molar-refractivity contribution in [3.63, 3.8) is 0 Å². The maximum absolute atomic E-state index is 12.1. The lowest BCUT2D eigenvalue weighted by atomic mass is 10.2. The molecular formula is C15H21N5O. The fourth-order valence-corrected chi connectivity index (χ4v) is 2.01. The van der Waals surface area contributed by atoms with Crippen molar-refractivity contribution in [1.29, 1.82) is 0 Å². The van der Waals surface area contributed by atoms with Gasteiger partial charge in [-0.15, -0.1) is 0 Å². The highest BCUT2D eigenvalue weighted by Gasteiger charge is 2.09. The third-order valence-corrected chi connectivity index (χ3v) is 3.06. The number of amides is 1. The van der Waals surface area contributed by atoms with Crippen LogP contribution in [0.15, 0.2) is 35.3 Å². The molecule has 0 fully saturated rings. The smallest absolute Gasteiger partial charge is 0.274 e. The predicted molar refractivity (Wildman–Crippen MR) is 85.4 cm³/mol. The Morgan fingerprint density at radius 3 is 2.86 bits per heavy atom. The number of hydrogen-bond donors (Lipinski definition) is 3. The number of guanidine groups is 1. The molecule has 0 unspecified atom stereocenters. The molecule has 1 aromatic carbocycles. The van der Waals surface area contributed by atoms with Gasteiger partial charge in [0.15, 0.2) is 5.96 Å². The van der Waals surface area contributed by atoms with Gasteiger partial charge in [0.05, 0.1) is 0 Å². The minimum Gasteiger partial charge on any atom is -0.370 e. The summed E-state index contributed by atoms with van der Waals surface area (Å²) in [4.78, 5) is 21.3. The van der Waals surface area contributed by atoms with Gasteiger partial charge in [0.25, 0.3) is 5.91 Å². The van der Waals surface area contributed by atoms with E-state index in [0.29, 0.717) is 12.2 Å². The van der Waals surface area contributed by atoms with E-state index in [0.717, 1.165) is 23.9 Å². The van der Waals surface area contributed by atoms with E-state index in [4.69, 9.17) is 5.73 Å². The molecule has 0 aliphatic rings. The van der Waals surface area contributed by atoms with Crippen LogP contribution in [0.5, 0.6) is 0 Å². The number of H-pyrrole nitrogens is 1. The van der Waals surface area contributed by atoms with Crippen molar-refractivity contribution in [2.45, 2.75) is 6.42 Å². The van der Waals surface area contributed by atoms with Crippen molar-refractivity contribution in [3.05, 3.63) is 36.0 Å². The maximum Gasteiger partial charge on any atom is 0.274 e. The largest absolute Gasteiger partial charge is 0.370 e. The van der Waals surface area contributed by atoms with Crippen molar-refractivity contribution < 1.29 is 4.79 Å². The molecule has 112 valence electrons. The number of carbonyl (C=O) groups excluding carboxylic acids is 1. The summed E-state index contributed by atoms with van der Waals surface area (Å²) in [7, 11) is 4.01. The molecule has 0 radical (unpaired) electrons. The van der Waals surface area contributed by atoms with Crippen LogP contribution < -0.4 is 11.1 Å². The maximum atomic E-state index is 12.1. The Balaban J connectivity index is 1.92. The third kappa shape index (κ3) is 4.32. The number of aromatic amines is 1. The van der Waals surface area contributed by atoms with Gasteiger partial charge in [0.2, 0.25) is 0 Å². The molecule has 2 rings (SSSR count). The Hall–Kier alpha value is -2.34. The average Bonchev–Trinajstić information content (AvgIpc) is 2.87. The fraction of sp³-hybridized carbons (Fsp3) is 0.333. The molecule has 4 N–H and O–H groups in total. The zero-order chi connectivity index (χ0) is 15.2. The van der Waals surface area contributed by atoms with Crippen molar-refractivity contribution in [2.75, 3.05) is 27.2 Å². The molecule has 0 aliphatic carbocycles. The number of nitrogens with one attached hydrogen (secondary N) is 2. The highest BCUT2D eigenvalue weighted by molar-refractivity contribution is 6.06. The predicted octanol–water partition coefficient (Wildman–Crippen LogP) is 1.16. The number of nitrogens with two attached hydrogens (primary N) is 1. The van der Waals surface area contributed by atoms with Crippen LogP contribution in [0.25, 0.3) is 10.9 Å². The highest BCUT2D eigenvalue weighted by atomic mass is 16.2. The number of rotatable bonds is 5. The normalized spacial score (nSPS) is 12.0. The van der Waals surface area contributed by atoms with Crippen molar-refractivity contribution in [3.8, 4) is 0 Å². The Bertz CT molecular complexity index is 611. The highest BCUT2D eigenvalue weighted by Crippen LogP contribution is 2.14. The van der Waals surface area contributed by atoms with E-state index >= 15 is 0 Å². The molecule has 1 amide bonds. The van der Waals surface area contributed by atoms with Crippen molar-refractivity contribution in [2.24, 2.45) is 10.7 Å². The molecule has 0 atom stereocenters. The second-order valence-corrected chi connectivity index (χ2v) is 5.15. The SMILES string of the molecule is CN(C)CCCN=C(N)NC(=O)c1cc2ccccc2[nH]1. The van der Waals surface area contributed by atoms with E-state index in [1.807, 2.05) is 38.4 Å². The van der Waals surface area contributed by atoms with Gasteiger partial charge in [0, 0.05) is 17.4 Å². The van der Waals surface area contributed by atoms with E-state index < -0.39 is 0 Å². The van der Waals surface area contributed by atoms with Gasteiger partial charge in [0.1, 0.15) is 5.69 Å². The van der Waals surface area contributed by atoms with E-state index in [2.05, 4.69) is 20.2 Å². The van der Waals surface area contributed by atoms with E-state index in [-0.39, 0.29) is 11.9 Å². The quantitative estimate of drug-likeness (QED) is 0.438. The molecule has 0 aliphatic heterocycles. The van der Waals surface area contributed by atoms with Crippen LogP contribution in [0.3, 0.4) is 0 Å². The number of fused-ring (bicyclic) bond motifs is 1. The first-order valence-electron chi connectivity index (χ1n) is 6.90. The van der Waals surface area contributed by atoms with E-state index in [1.54, 1.807) is 6.07 Å². The third-order valence-electron chi connectivity index (χ3n) is 3.06. The zero-order valence-electron chi connectivity index (χ0n) is 12.4. The van der Waals surface area contributed by atoms with Gasteiger partial charge in [-0.1, -0.05) is 18.2 Å². The first kappa shape index (κ1) is 15.1. The Morgan fingerprint density at radius 2 is 2.14 bits per heavy atom. The lowest BCUT2D eigenvalue weighted by Gasteiger charge is -2.07. The summed E-state index contributed by atoms with van der Waals surface area (Å²) < 4.78 is 0. The summed E-state index contributed by atoms with van der Waals surface area (Å²) in [5.74, 6) is -0.127. The van der Waals surface area contributed by atoms with Crippen LogP contribution in [0.1, 0.15) is 16.9 Å². The molecule has 21 heavy (non-hydrogen) atoms. The molecule has 0 saturated carbocycles. The lowest BCUT2D eigenvalue weighted by Crippen LogP contribution is -2.37. The summed E-state index contributed by atoms with van der Waals surface area (Å²) in [5, 5.41) is 3.58. The van der Waals surface area contributed by atoms with Gasteiger partial charge in [-0.25, -0.2) is 0 Å². The Morgan fingerprint density at radius 1 is 1.38 bits per heavy atom. The van der Waals surface area contributed by atoms with E-state index in [1.165, 1.54) is 0 Å². The number of nitrogens with zero attached hydrogens (tertiary/aromatic N) is 2. The molecule has 6 nitrogen and oxygen atoms in total. The van der Waals surface area contributed by atoms with Crippen LogP contribution in [0.2, 0.25) is 0 Å². The lowest BCUT2D eigenvalue weighted by molar-refractivity contribution is 0.0972. The van der Waals surface area contributed by atoms with Gasteiger partial charge in [-0.3, -0.25) is 15.1 Å². The minimum absolute atomic E-state index is 0.150. The van der Waals surface area contributed by atoms with Crippen molar-refractivity contribution >= 4 is 22.8 Å². The zero-order valence-corrected chi connectivity index (χ0v) is 12.4. The summed E-state index contributed by atoms with van der Waals surface area (Å²) in [6, 6.07) is 9.51. The molecular weight excluding hydrogens is 266 g/mol. The van der Waals surface area contributed by atoms with Crippen LogP contribution in [-0.2, 0) is 0 Å². The minimum atomic E-state index is -0.278. The molecule has 1 heterocycles. The second kappa shape index (κ2) is 6.90. The standard InChI is InChI=1S/C15H21N5O/c1-20(2)9-5-8-17-15(16)19-14(21)13-10-11-6-3-4-7-12(11)18-13/h3-4,6-7,10,18H,5,8-9H2,1-2H3,(H3,16,17,19,21).